The van der Waals surface area contributed by atoms with Gasteiger partial charge >= 0.3 is 6.18 Å². The molecular formula is C66H41F5O2. The van der Waals surface area contributed by atoms with Crippen molar-refractivity contribution in [2.24, 2.45) is 0 Å². The molecule has 9 aromatic rings. The first kappa shape index (κ1) is 46.3. The highest BCUT2D eigenvalue weighted by molar-refractivity contribution is 6.60. The molecule has 0 bridgehead atoms. The van der Waals surface area contributed by atoms with Crippen LogP contribution in [0.3, 0.4) is 0 Å². The lowest BCUT2D eigenvalue weighted by Crippen LogP contribution is -2.44. The molecule has 352 valence electrons. The van der Waals surface area contributed by atoms with Crippen LogP contribution in [-0.4, -0.2) is 17.7 Å². The van der Waals surface area contributed by atoms with Gasteiger partial charge in [0, 0.05) is 44.6 Å². The number of benzene rings is 9. The fourth-order valence-corrected chi connectivity index (χ4v) is 10.6. The number of carbonyl (C=O) groups excluding carboxylic acids is 2. The third-order valence-electron chi connectivity index (χ3n) is 13.8. The monoisotopic (exact) mass is 960 g/mol. The molecule has 0 fully saturated rings. The van der Waals surface area contributed by atoms with E-state index < -0.39 is 23.2 Å². The van der Waals surface area contributed by atoms with Gasteiger partial charge in [-0.3, -0.25) is 9.59 Å². The molecular weight excluding hydrogens is 920 g/mol. The van der Waals surface area contributed by atoms with E-state index in [0.717, 1.165) is 0 Å². The fourth-order valence-electron chi connectivity index (χ4n) is 10.6. The quantitative estimate of drug-likeness (QED) is 0.0956. The summed E-state index contributed by atoms with van der Waals surface area (Å²) in [6.45, 7) is 0. The number of halogens is 5. The molecule has 0 aromatic heterocycles. The lowest BCUT2D eigenvalue weighted by molar-refractivity contribution is -0.166. The summed E-state index contributed by atoms with van der Waals surface area (Å²) in [5.74, 6) is -1.46. The molecule has 11 rings (SSSR count). The maximum Gasteiger partial charge on any atom is 0.406 e. The number of ketones is 2. The fraction of sp³-hybridized carbons (Fsp3) is 0.0303. The van der Waals surface area contributed by atoms with Crippen LogP contribution in [0.5, 0.6) is 0 Å². The summed E-state index contributed by atoms with van der Waals surface area (Å²) in [6.07, 6.45) is -4.92. The number of hydrogen-bond donors (Lipinski definition) is 0. The van der Waals surface area contributed by atoms with Gasteiger partial charge in [0.05, 0.1) is 0 Å². The van der Waals surface area contributed by atoms with Crippen LogP contribution in [0, 0.1) is 11.6 Å². The molecule has 0 aliphatic heterocycles. The van der Waals surface area contributed by atoms with Gasteiger partial charge in [-0.25, -0.2) is 8.78 Å². The predicted octanol–water partition coefficient (Wildman–Crippen LogP) is 16.1. The Morgan fingerprint density at radius 3 is 0.685 bits per heavy atom. The summed E-state index contributed by atoms with van der Waals surface area (Å²) >= 11 is 0. The minimum atomic E-state index is -4.92. The lowest BCUT2D eigenvalue weighted by Gasteiger charge is -2.38. The van der Waals surface area contributed by atoms with Crippen LogP contribution in [0.1, 0.15) is 61.2 Å². The van der Waals surface area contributed by atoms with Crippen molar-refractivity contribution in [1.29, 1.82) is 0 Å². The highest BCUT2D eigenvalue weighted by Gasteiger charge is 2.58. The molecule has 0 N–H and O–H groups in total. The first-order chi connectivity index (χ1) is 35.5. The first-order valence-corrected chi connectivity index (χ1v) is 23.7. The zero-order valence-electron chi connectivity index (χ0n) is 38.9. The predicted molar refractivity (Wildman–Crippen MR) is 281 cm³/mol. The second kappa shape index (κ2) is 18.9. The van der Waals surface area contributed by atoms with Crippen molar-refractivity contribution >= 4 is 56.2 Å². The van der Waals surface area contributed by atoms with Crippen molar-refractivity contribution in [2.45, 2.75) is 11.6 Å². The van der Waals surface area contributed by atoms with Gasteiger partial charge in [-0.1, -0.05) is 224 Å². The third-order valence-corrected chi connectivity index (χ3v) is 13.8. The SMILES string of the molecule is O=C1C(c2ccccc2)=C(c2ccc(F)cc2)C(c2ccc(C(c3ccccc3)(c3ccc(C4=C(c5ccccc5)C(=O)C(c5ccccc5)=C4c4ccc(F)cc4)cc3)C(F)(F)F)cc2)=C1c1ccccc1. The number of carbonyl (C=O) groups is 2. The molecule has 0 radical (unpaired) electrons. The molecule has 0 unspecified atom stereocenters. The van der Waals surface area contributed by atoms with E-state index in [0.29, 0.717) is 89.1 Å². The molecule has 2 aliphatic carbocycles. The molecule has 7 heteroatoms. The van der Waals surface area contributed by atoms with Gasteiger partial charge in [0.15, 0.2) is 11.6 Å². The van der Waals surface area contributed by atoms with E-state index >= 15 is 13.2 Å². The Bertz CT molecular complexity index is 3450. The molecule has 0 heterocycles. The van der Waals surface area contributed by atoms with Crippen molar-refractivity contribution < 1.29 is 31.5 Å². The van der Waals surface area contributed by atoms with Crippen LogP contribution in [-0.2, 0) is 15.0 Å². The van der Waals surface area contributed by atoms with Crippen LogP contribution >= 0.6 is 0 Å². The van der Waals surface area contributed by atoms with Crippen molar-refractivity contribution in [3.63, 3.8) is 0 Å². The number of allylic oxidation sites excluding steroid dienone is 8. The Hall–Kier alpha value is -9.07. The van der Waals surface area contributed by atoms with Crippen LogP contribution in [0.2, 0.25) is 0 Å². The Kier molecular flexibility index (Phi) is 12.0. The summed E-state index contributed by atoms with van der Waals surface area (Å²) in [7, 11) is 0. The Labute approximate surface area is 419 Å². The van der Waals surface area contributed by atoms with Gasteiger partial charge in [-0.2, -0.15) is 13.2 Å². The van der Waals surface area contributed by atoms with E-state index in [1.54, 1.807) is 66.7 Å². The molecule has 0 saturated carbocycles. The summed E-state index contributed by atoms with van der Waals surface area (Å²) in [5, 5.41) is 0. The number of hydrogen-bond acceptors (Lipinski definition) is 2. The summed E-state index contributed by atoms with van der Waals surface area (Å²) < 4.78 is 79.6. The van der Waals surface area contributed by atoms with Crippen LogP contribution in [0.4, 0.5) is 22.0 Å². The van der Waals surface area contributed by atoms with Crippen molar-refractivity contribution in [1.82, 2.24) is 0 Å². The minimum Gasteiger partial charge on any atom is -0.289 e. The zero-order chi connectivity index (χ0) is 50.3. The molecule has 0 atom stereocenters. The smallest absolute Gasteiger partial charge is 0.289 e. The molecule has 0 spiro atoms. The van der Waals surface area contributed by atoms with Crippen molar-refractivity contribution in [3.8, 4) is 0 Å². The highest BCUT2D eigenvalue weighted by atomic mass is 19.4. The maximum absolute atomic E-state index is 16.8. The van der Waals surface area contributed by atoms with E-state index in [1.807, 2.05) is 121 Å². The summed E-state index contributed by atoms with van der Waals surface area (Å²) in [4.78, 5) is 29.9. The summed E-state index contributed by atoms with van der Waals surface area (Å²) in [6, 6.07) is 68.5. The largest absolute Gasteiger partial charge is 0.406 e. The van der Waals surface area contributed by atoms with E-state index in [4.69, 9.17) is 0 Å². The molecule has 73 heavy (non-hydrogen) atoms. The van der Waals surface area contributed by atoms with Crippen LogP contribution < -0.4 is 0 Å². The highest BCUT2D eigenvalue weighted by Crippen LogP contribution is 2.55. The average molecular weight is 961 g/mol. The number of alkyl halides is 3. The molecule has 0 saturated heterocycles. The van der Waals surface area contributed by atoms with Gasteiger partial charge < -0.3 is 0 Å². The molecule has 9 aromatic carbocycles. The standard InChI is InChI=1S/C66H41F5O2/c67-53-38-30-48(31-39-53)57-55(59(42-16-6-1-7-17-42)63(72)61(57)44-20-10-3-11-21-44)46-26-34-51(35-27-46)65(66(69,70)71,50-24-14-5-15-25-50)52-36-28-47(29-37-52)56-58(49-32-40-54(68)41-33-49)62(45-22-12-4-13-23-45)64(73)60(56)43-18-8-2-9-19-43/h1-41H. The number of Topliss-reactive ketones (excluding diaryl/α,β-unsaturated/α-hetero) is 2. The lowest BCUT2D eigenvalue weighted by atomic mass is 9.68. The normalized spacial score (nSPS) is 14.2. The topological polar surface area (TPSA) is 34.1 Å². The summed E-state index contributed by atoms with van der Waals surface area (Å²) in [5.41, 5.74) is 5.28. The van der Waals surface area contributed by atoms with E-state index in [1.165, 1.54) is 60.7 Å². The van der Waals surface area contributed by atoms with E-state index in [9.17, 15) is 18.4 Å². The van der Waals surface area contributed by atoms with Gasteiger partial charge in [-0.15, -0.1) is 0 Å². The van der Waals surface area contributed by atoms with Gasteiger partial charge in [0.2, 0.25) is 0 Å². The van der Waals surface area contributed by atoms with E-state index in [2.05, 4.69) is 0 Å². The zero-order valence-corrected chi connectivity index (χ0v) is 38.9. The van der Waals surface area contributed by atoms with Crippen LogP contribution in [0.25, 0.3) is 44.6 Å². The van der Waals surface area contributed by atoms with Gasteiger partial charge in [0.25, 0.3) is 0 Å². The Morgan fingerprint density at radius 1 is 0.233 bits per heavy atom. The number of rotatable bonds is 11. The second-order valence-corrected chi connectivity index (χ2v) is 17.9. The van der Waals surface area contributed by atoms with Crippen molar-refractivity contribution in [3.05, 3.63) is 322 Å². The van der Waals surface area contributed by atoms with E-state index in [-0.39, 0.29) is 28.3 Å². The van der Waals surface area contributed by atoms with Gasteiger partial charge in [-0.05, 0) is 85.5 Å². The average Bonchev–Trinajstić information content (AvgIpc) is 3.91. The first-order valence-electron chi connectivity index (χ1n) is 23.7. The van der Waals surface area contributed by atoms with Crippen molar-refractivity contribution in [2.75, 3.05) is 0 Å². The Morgan fingerprint density at radius 2 is 0.438 bits per heavy atom. The maximum atomic E-state index is 16.8. The molecule has 2 aliphatic rings. The second-order valence-electron chi connectivity index (χ2n) is 17.9. The molecule has 2 nitrogen and oxygen atoms in total. The van der Waals surface area contributed by atoms with Crippen LogP contribution in [0.15, 0.2) is 249 Å². The molecule has 0 amide bonds. The van der Waals surface area contributed by atoms with Gasteiger partial charge in [0.1, 0.15) is 17.0 Å². The Balaban J connectivity index is 1.11. The third kappa shape index (κ3) is 8.09. The minimum absolute atomic E-state index is 0.0278.